The van der Waals surface area contributed by atoms with Crippen molar-refractivity contribution in [2.24, 2.45) is 0 Å². The lowest BCUT2D eigenvalue weighted by Gasteiger charge is -2.11. The van der Waals surface area contributed by atoms with Crippen LogP contribution in [0, 0.1) is 5.82 Å². The van der Waals surface area contributed by atoms with Crippen LogP contribution in [0.15, 0.2) is 48.5 Å². The Bertz CT molecular complexity index is 730. The van der Waals surface area contributed by atoms with Crippen LogP contribution in [0.4, 0.5) is 10.1 Å². The Kier molecular flexibility index (Phi) is 6.51. The molecule has 2 aromatic rings. The highest BCUT2D eigenvalue weighted by molar-refractivity contribution is 5.94. The number of anilines is 1. The molecule has 0 unspecified atom stereocenters. The van der Waals surface area contributed by atoms with Crippen molar-refractivity contribution < 1.29 is 18.7 Å². The van der Waals surface area contributed by atoms with E-state index in [9.17, 15) is 14.0 Å². The smallest absolute Gasteiger partial charge is 0.243 e. The molecule has 0 fully saturated rings. The van der Waals surface area contributed by atoms with E-state index in [1.807, 2.05) is 13.8 Å². The fraction of sp³-hybridized carbons (Fsp3) is 0.263. The number of hydrogen-bond donors (Lipinski definition) is 2. The molecule has 0 aliphatic carbocycles. The Balaban J connectivity index is 1.78. The van der Waals surface area contributed by atoms with Gasteiger partial charge in [-0.15, -0.1) is 0 Å². The number of ether oxygens (including phenoxy) is 1. The Morgan fingerprint density at radius 2 is 1.72 bits per heavy atom. The van der Waals surface area contributed by atoms with Crippen molar-refractivity contribution in [1.82, 2.24) is 5.32 Å². The van der Waals surface area contributed by atoms with Gasteiger partial charge in [0.2, 0.25) is 11.8 Å². The third kappa shape index (κ3) is 6.25. The fourth-order valence-corrected chi connectivity index (χ4v) is 2.15. The van der Waals surface area contributed by atoms with Crippen LogP contribution in [0.5, 0.6) is 5.75 Å². The number of benzene rings is 2. The van der Waals surface area contributed by atoms with Crippen molar-refractivity contribution in [2.45, 2.75) is 26.4 Å². The molecule has 0 aliphatic heterocycles. The Morgan fingerprint density at radius 3 is 2.36 bits per heavy atom. The fourth-order valence-electron chi connectivity index (χ4n) is 2.15. The topological polar surface area (TPSA) is 67.4 Å². The summed E-state index contributed by atoms with van der Waals surface area (Å²) in [6, 6.07) is 13.0. The average molecular weight is 344 g/mol. The first kappa shape index (κ1) is 18.4. The van der Waals surface area contributed by atoms with E-state index < -0.39 is 11.7 Å². The van der Waals surface area contributed by atoms with Gasteiger partial charge in [-0.3, -0.25) is 9.59 Å². The number of nitrogens with one attached hydrogen (secondary N) is 2. The highest BCUT2D eigenvalue weighted by atomic mass is 19.1. The lowest BCUT2D eigenvalue weighted by molar-refractivity contribution is -0.123. The van der Waals surface area contributed by atoms with Crippen LogP contribution < -0.4 is 15.4 Å². The normalized spacial score (nSPS) is 10.4. The quantitative estimate of drug-likeness (QED) is 0.811. The average Bonchev–Trinajstić information content (AvgIpc) is 2.56. The summed E-state index contributed by atoms with van der Waals surface area (Å²) in [5.41, 5.74) is 0.894. The van der Waals surface area contributed by atoms with Gasteiger partial charge in [-0.25, -0.2) is 4.39 Å². The van der Waals surface area contributed by atoms with Crippen molar-refractivity contribution in [1.29, 1.82) is 0 Å². The van der Waals surface area contributed by atoms with Crippen LogP contribution in [0.25, 0.3) is 0 Å². The lowest BCUT2D eigenvalue weighted by atomic mass is 10.1. The molecule has 0 heterocycles. The summed E-state index contributed by atoms with van der Waals surface area (Å²) in [6.45, 7) is 3.68. The van der Waals surface area contributed by atoms with Gasteiger partial charge in [0.25, 0.3) is 0 Å². The largest absolute Gasteiger partial charge is 0.491 e. The molecular formula is C19H21FN2O3. The summed E-state index contributed by atoms with van der Waals surface area (Å²) in [5, 5.41) is 5.14. The first-order valence-electron chi connectivity index (χ1n) is 8.00. The van der Waals surface area contributed by atoms with Crippen LogP contribution in [-0.4, -0.2) is 24.5 Å². The third-order valence-corrected chi connectivity index (χ3v) is 3.26. The van der Waals surface area contributed by atoms with E-state index in [2.05, 4.69) is 10.6 Å². The van der Waals surface area contributed by atoms with E-state index in [4.69, 9.17) is 4.74 Å². The van der Waals surface area contributed by atoms with Gasteiger partial charge in [0.05, 0.1) is 19.1 Å². The molecule has 0 aliphatic rings. The molecule has 25 heavy (non-hydrogen) atoms. The maximum Gasteiger partial charge on any atom is 0.243 e. The predicted molar refractivity (Wildman–Crippen MR) is 93.9 cm³/mol. The van der Waals surface area contributed by atoms with Gasteiger partial charge >= 0.3 is 0 Å². The van der Waals surface area contributed by atoms with E-state index in [-0.39, 0.29) is 25.0 Å². The van der Waals surface area contributed by atoms with Crippen molar-refractivity contribution in [3.05, 3.63) is 59.9 Å². The molecule has 0 bridgehead atoms. The summed E-state index contributed by atoms with van der Waals surface area (Å²) in [4.78, 5) is 23.7. The van der Waals surface area contributed by atoms with Crippen LogP contribution in [0.2, 0.25) is 0 Å². The first-order valence-corrected chi connectivity index (χ1v) is 8.00. The molecule has 0 saturated carbocycles. The van der Waals surface area contributed by atoms with E-state index in [1.165, 1.54) is 12.1 Å². The second-order valence-electron chi connectivity index (χ2n) is 5.78. The molecule has 6 heteroatoms. The predicted octanol–water partition coefficient (Wildman–Crippen LogP) is 2.91. The van der Waals surface area contributed by atoms with E-state index in [0.29, 0.717) is 17.0 Å². The highest BCUT2D eigenvalue weighted by Crippen LogP contribution is 2.16. The molecule has 5 nitrogen and oxygen atoms in total. The van der Waals surface area contributed by atoms with Crippen molar-refractivity contribution >= 4 is 17.5 Å². The Hall–Kier alpha value is -2.89. The minimum absolute atomic E-state index is 0.0742. The van der Waals surface area contributed by atoms with E-state index in [1.54, 1.807) is 36.4 Å². The van der Waals surface area contributed by atoms with Gasteiger partial charge < -0.3 is 15.4 Å². The Labute approximate surface area is 146 Å². The number of halogens is 1. The SMILES string of the molecule is CC(C)Oc1ccc(NC(=O)CNC(=O)Cc2ccccc2F)cc1. The summed E-state index contributed by atoms with van der Waals surface area (Å²) in [7, 11) is 0. The maximum absolute atomic E-state index is 13.5. The van der Waals surface area contributed by atoms with Gasteiger partial charge in [-0.1, -0.05) is 18.2 Å². The maximum atomic E-state index is 13.5. The van der Waals surface area contributed by atoms with Crippen LogP contribution >= 0.6 is 0 Å². The second kappa shape index (κ2) is 8.82. The molecule has 132 valence electrons. The number of hydrogen-bond acceptors (Lipinski definition) is 3. The standard InChI is InChI=1S/C19H21FN2O3/c1-13(2)25-16-9-7-15(8-10-16)22-19(24)12-21-18(23)11-14-5-3-4-6-17(14)20/h3-10,13H,11-12H2,1-2H3,(H,21,23)(H,22,24). The van der Waals surface area contributed by atoms with Crippen molar-refractivity contribution in [3.63, 3.8) is 0 Å². The van der Waals surface area contributed by atoms with Crippen LogP contribution in [0.1, 0.15) is 19.4 Å². The molecule has 2 amide bonds. The van der Waals surface area contributed by atoms with Gasteiger partial charge in [0, 0.05) is 5.69 Å². The molecule has 2 rings (SSSR count). The zero-order valence-corrected chi connectivity index (χ0v) is 14.2. The lowest BCUT2D eigenvalue weighted by Crippen LogP contribution is -2.33. The Morgan fingerprint density at radius 1 is 1.04 bits per heavy atom. The number of carbonyl (C=O) groups is 2. The summed E-state index contributed by atoms with van der Waals surface area (Å²) in [6.07, 6.45) is -0.0358. The van der Waals surface area contributed by atoms with Gasteiger partial charge in [-0.05, 0) is 49.7 Å². The molecular weight excluding hydrogens is 323 g/mol. The van der Waals surface area contributed by atoms with E-state index in [0.717, 1.165) is 0 Å². The van der Waals surface area contributed by atoms with Crippen molar-refractivity contribution in [2.75, 3.05) is 11.9 Å². The molecule has 0 aromatic heterocycles. The van der Waals surface area contributed by atoms with Crippen LogP contribution in [0.3, 0.4) is 0 Å². The number of rotatable bonds is 7. The molecule has 2 N–H and O–H groups in total. The van der Waals surface area contributed by atoms with E-state index >= 15 is 0 Å². The van der Waals surface area contributed by atoms with Crippen molar-refractivity contribution in [3.8, 4) is 5.75 Å². The first-order chi connectivity index (χ1) is 11.9. The highest BCUT2D eigenvalue weighted by Gasteiger charge is 2.09. The summed E-state index contributed by atoms with van der Waals surface area (Å²) < 4.78 is 19.0. The zero-order valence-electron chi connectivity index (χ0n) is 14.2. The zero-order chi connectivity index (χ0) is 18.2. The number of carbonyl (C=O) groups excluding carboxylic acids is 2. The number of amides is 2. The monoisotopic (exact) mass is 344 g/mol. The third-order valence-electron chi connectivity index (χ3n) is 3.26. The van der Waals surface area contributed by atoms with Gasteiger partial charge in [-0.2, -0.15) is 0 Å². The minimum atomic E-state index is -0.439. The summed E-state index contributed by atoms with van der Waals surface area (Å²) in [5.74, 6) is -0.502. The van der Waals surface area contributed by atoms with Gasteiger partial charge in [0.1, 0.15) is 11.6 Å². The molecule has 0 atom stereocenters. The van der Waals surface area contributed by atoms with Gasteiger partial charge in [0.15, 0.2) is 0 Å². The van der Waals surface area contributed by atoms with Crippen LogP contribution in [-0.2, 0) is 16.0 Å². The molecule has 0 spiro atoms. The molecule has 2 aromatic carbocycles. The molecule has 0 saturated heterocycles. The summed E-state index contributed by atoms with van der Waals surface area (Å²) >= 11 is 0. The minimum Gasteiger partial charge on any atom is -0.491 e. The molecule has 0 radical (unpaired) electrons. The second-order valence-corrected chi connectivity index (χ2v) is 5.78.